The van der Waals surface area contributed by atoms with E-state index in [-0.39, 0.29) is 0 Å². The van der Waals surface area contributed by atoms with Crippen LogP contribution >= 0.6 is 47.1 Å². The van der Waals surface area contributed by atoms with Crippen LogP contribution in [0.15, 0.2) is 0 Å². The number of hydrogen-bond acceptors (Lipinski definition) is 2. The van der Waals surface area contributed by atoms with Crippen molar-refractivity contribution in [3.05, 3.63) is 0 Å². The van der Waals surface area contributed by atoms with E-state index in [9.17, 15) is 9.59 Å². The van der Waals surface area contributed by atoms with Gasteiger partial charge in [-0.1, -0.05) is 0 Å². The van der Waals surface area contributed by atoms with E-state index < -0.39 is 23.9 Å². The Labute approximate surface area is 105 Å². The second kappa shape index (κ2) is 3.10. The lowest BCUT2D eigenvalue weighted by Gasteiger charge is -2.29. The number of carbonyl (C=O) groups excluding carboxylic acids is 2. The molecule has 0 N–H and O–H groups in total. The van der Waals surface area contributed by atoms with Crippen molar-refractivity contribution in [3.8, 4) is 0 Å². The van der Waals surface area contributed by atoms with Crippen LogP contribution in [0.4, 0.5) is 9.59 Å². The first-order chi connectivity index (χ1) is 6.83. The van der Waals surface area contributed by atoms with Crippen molar-refractivity contribution < 1.29 is 9.59 Å². The summed E-state index contributed by atoms with van der Waals surface area (Å²) < 4.78 is 2.91. The lowest BCUT2D eigenvalue weighted by Crippen LogP contribution is -2.50. The molecule has 84 valence electrons. The molecule has 0 aliphatic carbocycles. The first-order valence-corrected chi connectivity index (χ1v) is 5.08. The predicted octanol–water partition coefficient (Wildman–Crippen LogP) is 2.12. The molecule has 6 nitrogen and oxygen atoms in total. The minimum atomic E-state index is -1.30. The maximum Gasteiger partial charge on any atom is 0.353 e. The highest BCUT2D eigenvalue weighted by molar-refractivity contribution is 6.34. The van der Waals surface area contributed by atoms with Gasteiger partial charge in [0.1, 0.15) is 0 Å². The zero-order valence-corrected chi connectivity index (χ0v) is 10.2. The highest BCUT2D eigenvalue weighted by Crippen LogP contribution is 2.47. The Morgan fingerprint density at radius 2 is 1.33 bits per heavy atom. The molecule has 0 bridgehead atoms. The molecule has 0 spiro atoms. The molecule has 10 heteroatoms. The topological polar surface area (TPSA) is 47.1 Å². The van der Waals surface area contributed by atoms with Gasteiger partial charge >= 0.3 is 12.1 Å². The Balaban J connectivity index is 2.52. The molecule has 2 saturated heterocycles. The third-order valence-electron chi connectivity index (χ3n) is 2.41. The molecule has 2 heterocycles. The van der Waals surface area contributed by atoms with Crippen molar-refractivity contribution in [2.45, 2.75) is 18.8 Å². The molecule has 0 aromatic carbocycles. The summed E-state index contributed by atoms with van der Waals surface area (Å²) in [6.45, 7) is 1.47. The van der Waals surface area contributed by atoms with Crippen LogP contribution in [-0.2, 0) is 0 Å². The maximum absolute atomic E-state index is 11.4. The van der Waals surface area contributed by atoms with Gasteiger partial charge in [0.2, 0.25) is 0 Å². The van der Waals surface area contributed by atoms with E-state index in [4.69, 9.17) is 47.1 Å². The highest BCUT2D eigenvalue weighted by Gasteiger charge is 2.68. The highest BCUT2D eigenvalue weighted by atomic mass is 35.5. The predicted molar refractivity (Wildman–Crippen MR) is 53.8 cm³/mol. The van der Waals surface area contributed by atoms with Gasteiger partial charge in [-0.2, -0.15) is 0 Å². The number of rotatable bonds is 0. The fourth-order valence-corrected chi connectivity index (χ4v) is 2.91. The zero-order chi connectivity index (χ0) is 11.5. The molecule has 2 aliphatic rings. The summed E-state index contributed by atoms with van der Waals surface area (Å²) in [5.74, 6) is 0. The zero-order valence-electron chi connectivity index (χ0n) is 7.19. The van der Waals surface area contributed by atoms with Gasteiger partial charge in [0, 0.05) is 47.1 Å². The van der Waals surface area contributed by atoms with Gasteiger partial charge in [0.05, 0.1) is 0 Å². The second-order valence-electron chi connectivity index (χ2n) is 3.22. The van der Waals surface area contributed by atoms with Crippen molar-refractivity contribution in [2.24, 2.45) is 0 Å². The standard InChI is InChI=1S/C5H4Cl4N4O2/c1-5-2(10(6)3(14)12(5)8)11(7)4(15)13(5)9/h2H,1H3. The van der Waals surface area contributed by atoms with Gasteiger partial charge in [0.15, 0.2) is 11.8 Å². The summed E-state index contributed by atoms with van der Waals surface area (Å²) in [7, 11) is 0. The molecule has 0 radical (unpaired) electrons. The molecule has 15 heavy (non-hydrogen) atoms. The van der Waals surface area contributed by atoms with E-state index in [1.807, 2.05) is 0 Å². The quantitative estimate of drug-likeness (QED) is 0.642. The minimum Gasteiger partial charge on any atom is -0.245 e. The summed E-state index contributed by atoms with van der Waals surface area (Å²) in [6.07, 6.45) is -0.948. The third kappa shape index (κ3) is 1.08. The van der Waals surface area contributed by atoms with E-state index in [2.05, 4.69) is 0 Å². The summed E-state index contributed by atoms with van der Waals surface area (Å²) >= 11 is 22.8. The van der Waals surface area contributed by atoms with Gasteiger partial charge in [-0.15, -0.1) is 0 Å². The van der Waals surface area contributed by atoms with Crippen molar-refractivity contribution >= 4 is 59.2 Å². The van der Waals surface area contributed by atoms with Crippen LogP contribution < -0.4 is 0 Å². The van der Waals surface area contributed by atoms with Gasteiger partial charge in [-0.05, 0) is 6.92 Å². The van der Waals surface area contributed by atoms with E-state index in [1.54, 1.807) is 0 Å². The molecule has 0 unspecified atom stereocenters. The van der Waals surface area contributed by atoms with Crippen LogP contribution in [0.5, 0.6) is 0 Å². The molecule has 2 fully saturated rings. The fraction of sp³-hybridized carbons (Fsp3) is 0.600. The number of urea groups is 2. The van der Waals surface area contributed by atoms with Gasteiger partial charge in [-0.25, -0.2) is 27.3 Å². The maximum atomic E-state index is 11.4. The van der Waals surface area contributed by atoms with Crippen molar-refractivity contribution in [3.63, 3.8) is 0 Å². The van der Waals surface area contributed by atoms with Gasteiger partial charge < -0.3 is 0 Å². The van der Waals surface area contributed by atoms with Crippen LogP contribution in [0.3, 0.4) is 0 Å². The van der Waals surface area contributed by atoms with E-state index >= 15 is 0 Å². The molecular formula is C5H4Cl4N4O2. The van der Waals surface area contributed by atoms with Crippen LogP contribution in [0.2, 0.25) is 0 Å². The molecule has 2 aliphatic heterocycles. The normalized spacial score (nSPS) is 35.7. The van der Waals surface area contributed by atoms with E-state index in [1.165, 1.54) is 6.92 Å². The Bertz CT molecular complexity index is 324. The number of amides is 4. The first kappa shape index (κ1) is 11.2. The Hall–Kier alpha value is -0.300. The lowest BCUT2D eigenvalue weighted by molar-refractivity contribution is 0.149. The summed E-state index contributed by atoms with van der Waals surface area (Å²) in [4.78, 5) is 22.9. The van der Waals surface area contributed by atoms with E-state index in [0.717, 1.165) is 17.7 Å². The molecule has 0 saturated carbocycles. The largest absolute Gasteiger partial charge is 0.353 e. The lowest BCUT2D eigenvalue weighted by atomic mass is 10.2. The Morgan fingerprint density at radius 1 is 1.00 bits per heavy atom. The Kier molecular flexibility index (Phi) is 2.31. The van der Waals surface area contributed by atoms with Crippen molar-refractivity contribution in [2.75, 3.05) is 0 Å². The monoisotopic (exact) mass is 292 g/mol. The summed E-state index contributed by atoms with van der Waals surface area (Å²) in [5, 5.41) is 0. The SMILES string of the molecule is CC12C(N(Cl)C(=O)N1Cl)N(Cl)C(=O)N2Cl. The number of hydrogen-bond donors (Lipinski definition) is 0. The number of fused-ring (bicyclic) bond motifs is 1. The average molecular weight is 294 g/mol. The molecule has 2 rings (SSSR count). The van der Waals surface area contributed by atoms with Gasteiger partial charge in [0.25, 0.3) is 0 Å². The van der Waals surface area contributed by atoms with Crippen LogP contribution in [0, 0.1) is 0 Å². The summed E-state index contributed by atoms with van der Waals surface area (Å²) in [5.41, 5.74) is -1.30. The summed E-state index contributed by atoms with van der Waals surface area (Å²) in [6, 6.07) is -1.40. The van der Waals surface area contributed by atoms with Crippen molar-refractivity contribution in [1.29, 1.82) is 0 Å². The third-order valence-corrected chi connectivity index (χ3v) is 4.05. The average Bonchev–Trinajstić information content (AvgIpc) is 2.48. The smallest absolute Gasteiger partial charge is 0.245 e. The van der Waals surface area contributed by atoms with Crippen LogP contribution in [0.25, 0.3) is 0 Å². The molecule has 4 amide bonds. The number of halogens is 4. The van der Waals surface area contributed by atoms with Crippen LogP contribution in [0.1, 0.15) is 6.92 Å². The van der Waals surface area contributed by atoms with Gasteiger partial charge in [-0.3, -0.25) is 0 Å². The Morgan fingerprint density at radius 3 is 1.60 bits per heavy atom. The molecule has 0 atom stereocenters. The second-order valence-corrected chi connectivity index (χ2v) is 4.62. The first-order valence-electron chi connectivity index (χ1n) is 3.73. The number of carbonyl (C=O) groups is 2. The minimum absolute atomic E-state index is 0.699. The molecule has 0 aromatic heterocycles. The molecule has 0 aromatic rings. The van der Waals surface area contributed by atoms with Crippen LogP contribution in [-0.4, -0.2) is 41.6 Å². The van der Waals surface area contributed by atoms with Crippen molar-refractivity contribution in [1.82, 2.24) is 17.7 Å². The molecular weight excluding hydrogens is 290 g/mol. The fourth-order valence-electron chi connectivity index (χ4n) is 1.56. The van der Waals surface area contributed by atoms with E-state index in [0.29, 0.717) is 0 Å². The number of nitrogens with zero attached hydrogens (tertiary/aromatic N) is 4.